The van der Waals surface area contributed by atoms with E-state index in [2.05, 4.69) is 31.2 Å². The number of aromatic amines is 1. The third kappa shape index (κ3) is 3.77. The van der Waals surface area contributed by atoms with E-state index in [0.29, 0.717) is 5.69 Å². The summed E-state index contributed by atoms with van der Waals surface area (Å²) < 4.78 is 2.73. The lowest BCUT2D eigenvalue weighted by Gasteiger charge is -2.14. The van der Waals surface area contributed by atoms with Crippen molar-refractivity contribution in [3.8, 4) is 0 Å². The van der Waals surface area contributed by atoms with Gasteiger partial charge in [-0.25, -0.2) is 9.78 Å². The van der Waals surface area contributed by atoms with E-state index in [1.54, 1.807) is 12.4 Å². The van der Waals surface area contributed by atoms with Gasteiger partial charge in [0.1, 0.15) is 11.7 Å². The zero-order valence-electron chi connectivity index (χ0n) is 14.7. The number of halogens is 1. The van der Waals surface area contributed by atoms with Crippen molar-refractivity contribution in [2.75, 3.05) is 0 Å². The molecule has 0 spiro atoms. The van der Waals surface area contributed by atoms with E-state index in [4.69, 9.17) is 0 Å². The van der Waals surface area contributed by atoms with Crippen LogP contribution in [0, 0.1) is 0 Å². The first-order chi connectivity index (χ1) is 13.5. The normalized spacial score (nSPS) is 12.3. The van der Waals surface area contributed by atoms with Crippen molar-refractivity contribution in [3.63, 3.8) is 0 Å². The number of hydrogen-bond acceptors (Lipinski definition) is 3. The Bertz CT molecular complexity index is 1150. The molecule has 3 N–H and O–H groups in total. The zero-order chi connectivity index (χ0) is 19.7. The highest BCUT2D eigenvalue weighted by molar-refractivity contribution is 9.10. The first kappa shape index (κ1) is 18.2. The highest BCUT2D eigenvalue weighted by atomic mass is 79.9. The van der Waals surface area contributed by atoms with Gasteiger partial charge in [-0.05, 0) is 35.9 Å². The molecular formula is C20H17BrN4O3. The number of carbonyl (C=O) groups excluding carboxylic acids is 1. The Kier molecular flexibility index (Phi) is 4.87. The number of carboxylic acids is 1. The molecule has 1 atom stereocenters. The van der Waals surface area contributed by atoms with Gasteiger partial charge in [-0.3, -0.25) is 4.79 Å². The van der Waals surface area contributed by atoms with Crippen molar-refractivity contribution in [1.29, 1.82) is 0 Å². The van der Waals surface area contributed by atoms with Crippen LogP contribution in [-0.4, -0.2) is 37.4 Å². The van der Waals surface area contributed by atoms with Crippen LogP contribution in [0.1, 0.15) is 11.3 Å². The number of pyridine rings is 1. The molecule has 0 aliphatic rings. The van der Waals surface area contributed by atoms with Gasteiger partial charge in [0, 0.05) is 40.4 Å². The summed E-state index contributed by atoms with van der Waals surface area (Å²) in [5, 5.41) is 13.1. The van der Waals surface area contributed by atoms with Crippen molar-refractivity contribution in [1.82, 2.24) is 19.7 Å². The van der Waals surface area contributed by atoms with Gasteiger partial charge in [-0.1, -0.05) is 22.0 Å². The van der Waals surface area contributed by atoms with Gasteiger partial charge in [0.05, 0.1) is 12.1 Å². The second-order valence-electron chi connectivity index (χ2n) is 6.54. The number of carbonyl (C=O) groups is 2. The van der Waals surface area contributed by atoms with E-state index in [9.17, 15) is 14.7 Å². The Morgan fingerprint density at radius 2 is 2.14 bits per heavy atom. The molecular weight excluding hydrogens is 424 g/mol. The SMILES string of the molecule is O=C(Cc1cn2ccccc2n1)NC(Cc1c[nH]c2ccc(Br)cc12)C(=O)O. The summed E-state index contributed by atoms with van der Waals surface area (Å²) in [5.41, 5.74) is 3.07. The summed E-state index contributed by atoms with van der Waals surface area (Å²) in [5.74, 6) is -1.45. The molecule has 1 unspecified atom stereocenters. The Morgan fingerprint density at radius 1 is 1.29 bits per heavy atom. The van der Waals surface area contributed by atoms with Crippen molar-refractivity contribution in [3.05, 3.63) is 70.7 Å². The van der Waals surface area contributed by atoms with Gasteiger partial charge in [0.2, 0.25) is 5.91 Å². The minimum Gasteiger partial charge on any atom is -0.480 e. The van der Waals surface area contributed by atoms with Crippen LogP contribution in [0.5, 0.6) is 0 Å². The maximum absolute atomic E-state index is 12.4. The van der Waals surface area contributed by atoms with Gasteiger partial charge in [-0.15, -0.1) is 0 Å². The lowest BCUT2D eigenvalue weighted by Crippen LogP contribution is -2.43. The predicted octanol–water partition coefficient (Wildman–Crippen LogP) is 2.93. The van der Waals surface area contributed by atoms with Gasteiger partial charge >= 0.3 is 5.97 Å². The molecule has 0 radical (unpaired) electrons. The monoisotopic (exact) mass is 440 g/mol. The Balaban J connectivity index is 1.49. The van der Waals surface area contributed by atoms with Crippen LogP contribution < -0.4 is 5.32 Å². The van der Waals surface area contributed by atoms with Crippen LogP contribution in [0.15, 0.2) is 59.5 Å². The molecule has 0 aliphatic heterocycles. The molecule has 0 saturated carbocycles. The van der Waals surface area contributed by atoms with Crippen molar-refractivity contribution >= 4 is 44.4 Å². The Morgan fingerprint density at radius 3 is 2.93 bits per heavy atom. The number of rotatable bonds is 6. The van der Waals surface area contributed by atoms with Crippen molar-refractivity contribution in [2.24, 2.45) is 0 Å². The lowest BCUT2D eigenvalue weighted by molar-refractivity contribution is -0.141. The van der Waals surface area contributed by atoms with Crippen LogP contribution >= 0.6 is 15.9 Å². The van der Waals surface area contributed by atoms with Crippen molar-refractivity contribution in [2.45, 2.75) is 18.9 Å². The molecule has 3 heterocycles. The molecule has 0 saturated heterocycles. The zero-order valence-corrected chi connectivity index (χ0v) is 16.3. The highest BCUT2D eigenvalue weighted by Gasteiger charge is 2.22. The van der Waals surface area contributed by atoms with E-state index < -0.39 is 12.0 Å². The molecule has 8 heteroatoms. The van der Waals surface area contributed by atoms with Crippen LogP contribution in [0.4, 0.5) is 0 Å². The van der Waals surface area contributed by atoms with Crippen LogP contribution in [0.2, 0.25) is 0 Å². The topological polar surface area (TPSA) is 99.5 Å². The van der Waals surface area contributed by atoms with E-state index in [-0.39, 0.29) is 18.7 Å². The number of aliphatic carboxylic acids is 1. The number of amides is 1. The molecule has 4 aromatic rings. The molecule has 0 aliphatic carbocycles. The largest absolute Gasteiger partial charge is 0.480 e. The van der Waals surface area contributed by atoms with Gasteiger partial charge < -0.3 is 19.8 Å². The Hall–Kier alpha value is -3.13. The molecule has 28 heavy (non-hydrogen) atoms. The molecule has 1 aromatic carbocycles. The number of hydrogen-bond donors (Lipinski definition) is 3. The second kappa shape index (κ2) is 7.47. The van der Waals surface area contributed by atoms with Crippen LogP contribution in [-0.2, 0) is 22.4 Å². The summed E-state index contributed by atoms with van der Waals surface area (Å²) in [4.78, 5) is 31.6. The molecule has 0 fully saturated rings. The fraction of sp³-hybridized carbons (Fsp3) is 0.150. The summed E-state index contributed by atoms with van der Waals surface area (Å²) in [6.45, 7) is 0. The summed E-state index contributed by atoms with van der Waals surface area (Å²) >= 11 is 3.43. The van der Waals surface area contributed by atoms with Crippen molar-refractivity contribution < 1.29 is 14.7 Å². The number of fused-ring (bicyclic) bond motifs is 2. The minimum absolute atomic E-state index is 0.0187. The number of benzene rings is 1. The molecule has 3 aromatic heterocycles. The number of carboxylic acid groups (broad SMARTS) is 1. The number of H-pyrrole nitrogens is 1. The smallest absolute Gasteiger partial charge is 0.326 e. The third-order valence-electron chi connectivity index (χ3n) is 4.54. The van der Waals surface area contributed by atoms with Gasteiger partial charge in [-0.2, -0.15) is 0 Å². The maximum atomic E-state index is 12.4. The number of aromatic nitrogens is 3. The quantitative estimate of drug-likeness (QED) is 0.429. The highest BCUT2D eigenvalue weighted by Crippen LogP contribution is 2.23. The average Bonchev–Trinajstić information content (AvgIpc) is 3.24. The van der Waals surface area contributed by atoms with E-state index in [1.807, 2.05) is 47.0 Å². The molecule has 0 bridgehead atoms. The van der Waals surface area contributed by atoms with Crippen LogP contribution in [0.3, 0.4) is 0 Å². The second-order valence-corrected chi connectivity index (χ2v) is 7.46. The fourth-order valence-electron chi connectivity index (χ4n) is 3.22. The minimum atomic E-state index is -1.08. The number of nitrogens with one attached hydrogen (secondary N) is 2. The first-order valence-corrected chi connectivity index (χ1v) is 9.49. The standard InChI is InChI=1S/C20H17BrN4O3/c21-13-4-5-16-15(8-13)12(10-22-16)7-17(20(27)28)24-19(26)9-14-11-25-6-2-1-3-18(25)23-14/h1-6,8,10-11,17,22H,7,9H2,(H,24,26)(H,27,28). The third-order valence-corrected chi connectivity index (χ3v) is 5.04. The molecule has 4 rings (SSSR count). The lowest BCUT2D eigenvalue weighted by atomic mass is 10.0. The summed E-state index contributed by atoms with van der Waals surface area (Å²) in [7, 11) is 0. The summed E-state index contributed by atoms with van der Waals surface area (Å²) in [6.07, 6.45) is 5.59. The Labute approximate surface area is 168 Å². The van der Waals surface area contributed by atoms with E-state index >= 15 is 0 Å². The molecule has 7 nitrogen and oxygen atoms in total. The first-order valence-electron chi connectivity index (χ1n) is 8.70. The van der Waals surface area contributed by atoms with Gasteiger partial charge in [0.15, 0.2) is 0 Å². The number of imidazole rings is 1. The maximum Gasteiger partial charge on any atom is 0.326 e. The predicted molar refractivity (Wildman–Crippen MR) is 108 cm³/mol. The molecule has 142 valence electrons. The van der Waals surface area contributed by atoms with E-state index in [0.717, 1.165) is 26.6 Å². The molecule has 1 amide bonds. The van der Waals surface area contributed by atoms with Gasteiger partial charge in [0.25, 0.3) is 0 Å². The average molecular weight is 441 g/mol. The fourth-order valence-corrected chi connectivity index (χ4v) is 3.58. The summed E-state index contributed by atoms with van der Waals surface area (Å²) in [6, 6.07) is 10.3. The van der Waals surface area contributed by atoms with E-state index in [1.165, 1.54) is 0 Å². The van der Waals surface area contributed by atoms with Crippen LogP contribution in [0.25, 0.3) is 16.6 Å². The number of nitrogens with zero attached hydrogens (tertiary/aromatic N) is 2.